The zero-order valence-corrected chi connectivity index (χ0v) is 75.4. The lowest BCUT2D eigenvalue weighted by molar-refractivity contribution is 1.18. The summed E-state index contributed by atoms with van der Waals surface area (Å²) in [5.74, 6) is 0. The molecule has 0 atom stereocenters. The van der Waals surface area contributed by atoms with E-state index in [9.17, 15) is 0 Å². The lowest BCUT2D eigenvalue weighted by Gasteiger charge is -2.12. The Kier molecular flexibility index (Phi) is 14.7. The maximum Gasteiger partial charge on any atom is 0.165 e. The highest BCUT2D eigenvalue weighted by Crippen LogP contribution is 2.54. The molecule has 15 heterocycles. The summed E-state index contributed by atoms with van der Waals surface area (Å²) in [6.45, 7) is 0. The largest absolute Gasteiger partial charge is 0.309 e. The van der Waals surface area contributed by atoms with Crippen LogP contribution in [-0.2, 0) is 0 Å². The molecular weight excluding hydrogens is 1740 g/mol. The monoisotopic (exact) mass is 1800 g/mol. The fourth-order valence-electron chi connectivity index (χ4n) is 22.9. The number of hydrogen-bond acceptors (Lipinski definition) is 11. The van der Waals surface area contributed by atoms with E-state index in [4.69, 9.17) is 29.9 Å². The average molecular weight is 1800 g/mol. The molecule has 0 aliphatic carbocycles. The highest BCUT2D eigenvalue weighted by atomic mass is 32.1. The van der Waals surface area contributed by atoms with Gasteiger partial charge in [0, 0.05) is 171 Å². The van der Waals surface area contributed by atoms with Gasteiger partial charge in [0.15, 0.2) is 16.9 Å². The van der Waals surface area contributed by atoms with Gasteiger partial charge in [-0.3, -0.25) is 13.2 Å². The fraction of sp³-hybridized carbons (Fsp3) is 0. The number of nitrogens with zero attached hydrogens (tertiary/aromatic N) is 10. The molecule has 0 radical (unpaired) electrons. The van der Waals surface area contributed by atoms with Crippen molar-refractivity contribution in [3.63, 3.8) is 0 Å². The van der Waals surface area contributed by atoms with Crippen molar-refractivity contribution in [2.75, 3.05) is 0 Å². The van der Waals surface area contributed by atoms with Gasteiger partial charge in [0.05, 0.1) is 77.2 Å². The summed E-state index contributed by atoms with van der Waals surface area (Å²) < 4.78 is 22.6. The molecule has 10 nitrogen and oxygen atoms in total. The smallest absolute Gasteiger partial charge is 0.165 e. The van der Waals surface area contributed by atoms with Crippen LogP contribution in [0.5, 0.6) is 0 Å². The number of rotatable bonds is 4. The molecule has 0 saturated carbocycles. The minimum absolute atomic E-state index is 0.911. The molecule has 34 rings (SSSR count). The summed E-state index contributed by atoms with van der Waals surface area (Å²) in [7, 11) is 0. The summed E-state index contributed by atoms with van der Waals surface area (Å²) in [6, 6.07) is 137. The number of para-hydroxylation sites is 9. The standard InChI is InChI=1S/C44H24N4S.2C38H19N3S2/c1-2-11-26(12-3-1)47-35-19-8-4-13-28(35)29-16-10-15-27(42(29)47)25-21-22-36-31(23-25)40-39-30-14-5-9-20-37(30)49-38(39)24-32-41-44(48(36)43(32)40)46-34-18-7-6-17-33(34)45-41;1-5-11-30-22(7-1)23-15-13-21(18-32(23)42-30)20-14-16-29-25(17-20)35-34-24-8-2-6-12-31(24)43-33(34)19-26-36-38(41(29)37(26)35)40-28-10-4-3-9-27(28)39-36;1-5-11-30-22(7-1)24-17-21(14-16-32(24)42-30)20-13-15-29-25(18-20)35-34-23-8-2-6-12-31(23)43-33(34)19-26-36-38(41(29)37(26)35)40-28-10-4-3-9-27(28)39-36/h1-24H;2*1-19H. The van der Waals surface area contributed by atoms with Crippen LogP contribution in [0.4, 0.5) is 0 Å². The van der Waals surface area contributed by atoms with Gasteiger partial charge in [-0.2, -0.15) is 0 Å². The Hall–Kier alpha value is -16.5. The van der Waals surface area contributed by atoms with Crippen molar-refractivity contribution < 1.29 is 0 Å². The van der Waals surface area contributed by atoms with Gasteiger partial charge in [-0.1, -0.05) is 218 Å². The van der Waals surface area contributed by atoms with E-state index in [1.165, 1.54) is 227 Å². The first-order chi connectivity index (χ1) is 66.9. The average Bonchev–Trinajstić information content (AvgIpc) is 1.52. The van der Waals surface area contributed by atoms with E-state index in [0.717, 1.165) is 83.2 Å². The minimum Gasteiger partial charge on any atom is -0.309 e. The lowest BCUT2D eigenvalue weighted by Crippen LogP contribution is -1.95. The van der Waals surface area contributed by atoms with Crippen LogP contribution >= 0.6 is 56.7 Å². The lowest BCUT2D eigenvalue weighted by atomic mass is 9.98. The van der Waals surface area contributed by atoms with Crippen LogP contribution in [0.2, 0.25) is 0 Å². The van der Waals surface area contributed by atoms with Gasteiger partial charge in [0.25, 0.3) is 0 Å². The van der Waals surface area contributed by atoms with Crippen molar-refractivity contribution in [2.24, 2.45) is 0 Å². The van der Waals surface area contributed by atoms with Crippen molar-refractivity contribution in [3.8, 4) is 39.1 Å². The highest BCUT2D eigenvalue weighted by molar-refractivity contribution is 7.27. The normalized spacial score (nSPS) is 12.6. The summed E-state index contributed by atoms with van der Waals surface area (Å²) in [4.78, 5) is 31.2. The Morgan fingerprint density at radius 2 is 0.496 bits per heavy atom. The summed E-state index contributed by atoms with van der Waals surface area (Å²) in [5.41, 5.74) is 29.3. The predicted molar refractivity (Wildman–Crippen MR) is 578 cm³/mol. The Morgan fingerprint density at radius 1 is 0.170 bits per heavy atom. The second-order valence-electron chi connectivity index (χ2n) is 35.7. The van der Waals surface area contributed by atoms with Crippen LogP contribution in [0.3, 0.4) is 0 Å². The predicted octanol–water partition coefficient (Wildman–Crippen LogP) is 34.3. The van der Waals surface area contributed by atoms with E-state index >= 15 is 0 Å². The first kappa shape index (κ1) is 73.2. The molecule has 15 heteroatoms. The van der Waals surface area contributed by atoms with Crippen molar-refractivity contribution in [3.05, 3.63) is 376 Å². The number of benzene rings is 19. The number of fused-ring (bicyclic) bond motifs is 42. The van der Waals surface area contributed by atoms with Crippen LogP contribution in [0, 0.1) is 0 Å². The molecule has 0 bridgehead atoms. The van der Waals surface area contributed by atoms with Crippen LogP contribution < -0.4 is 0 Å². The SMILES string of the molecule is c1ccc(-n2c3ccccc3c3cccc(-c4ccc5c(c4)c4c6c(cc7c8nc9ccccc9nc8n5c74)sc4ccccc46)c32)cc1.c1ccc2nc3c(nc2c1)c1cc2sc4ccccc4c2c2c4cc(-c5ccc6c(c5)sc5ccccc56)ccc4n3c12.c1ccc2nc3c(nc2c1)c1cc2sc4ccccc4c2c2c4cc(-c5ccc6sc7ccccc7c6c5)ccc4n3c12. The topological polar surface area (TPSA) is 95.5 Å². The molecule has 0 unspecified atom stereocenters. The molecule has 0 aliphatic heterocycles. The molecule has 34 aromatic rings. The molecule has 0 fully saturated rings. The minimum atomic E-state index is 0.911. The summed E-state index contributed by atoms with van der Waals surface area (Å²) >= 11 is 9.33. The van der Waals surface area contributed by atoms with Crippen molar-refractivity contribution in [2.45, 2.75) is 0 Å². The molecule has 15 aromatic heterocycles. The van der Waals surface area contributed by atoms with Crippen molar-refractivity contribution >= 4 is 328 Å². The highest BCUT2D eigenvalue weighted by Gasteiger charge is 2.31. The van der Waals surface area contributed by atoms with Gasteiger partial charge in [0.1, 0.15) is 16.6 Å². The fourth-order valence-corrected chi connectivity index (χ4v) is 28.6. The maximum absolute atomic E-state index is 5.25. The van der Waals surface area contributed by atoms with E-state index in [0.29, 0.717) is 0 Å². The van der Waals surface area contributed by atoms with Crippen LogP contribution in [-0.4, -0.2) is 47.7 Å². The third kappa shape index (κ3) is 10.1. The second-order valence-corrected chi connectivity index (χ2v) is 41.1. The third-order valence-corrected chi connectivity index (χ3v) is 34.2. The van der Waals surface area contributed by atoms with Gasteiger partial charge in [-0.05, 0) is 186 Å². The second kappa shape index (κ2) is 27.1. The number of hydrogen-bond donors (Lipinski definition) is 0. The Bertz CT molecular complexity index is 11200. The van der Waals surface area contributed by atoms with Gasteiger partial charge >= 0.3 is 0 Å². The molecule has 19 aromatic carbocycles. The third-order valence-electron chi connectivity index (χ3n) is 28.6. The zero-order valence-electron chi connectivity index (χ0n) is 71.3. The van der Waals surface area contributed by atoms with Crippen LogP contribution in [0.1, 0.15) is 0 Å². The van der Waals surface area contributed by atoms with E-state index in [1.807, 2.05) is 93.1 Å². The Labute approximate surface area is 783 Å². The summed E-state index contributed by atoms with van der Waals surface area (Å²) in [5, 5.41) is 26.9. The van der Waals surface area contributed by atoms with E-state index in [2.05, 4.69) is 357 Å². The van der Waals surface area contributed by atoms with Gasteiger partial charge in [-0.15, -0.1) is 56.7 Å². The summed E-state index contributed by atoms with van der Waals surface area (Å²) in [6.07, 6.45) is 0. The Morgan fingerprint density at radius 3 is 0.970 bits per heavy atom. The van der Waals surface area contributed by atoms with Crippen molar-refractivity contribution in [1.82, 2.24) is 47.7 Å². The molecular formula is C120H62N10S5. The van der Waals surface area contributed by atoms with Crippen molar-refractivity contribution in [1.29, 1.82) is 0 Å². The Balaban J connectivity index is 0.0000000931. The molecule has 0 spiro atoms. The van der Waals surface area contributed by atoms with E-state index in [1.54, 1.807) is 0 Å². The maximum atomic E-state index is 5.25. The van der Waals surface area contributed by atoms with E-state index < -0.39 is 0 Å². The molecule has 135 heavy (non-hydrogen) atoms. The van der Waals surface area contributed by atoms with Gasteiger partial charge in [0.2, 0.25) is 0 Å². The van der Waals surface area contributed by atoms with E-state index in [-0.39, 0.29) is 0 Å². The molecule has 0 amide bonds. The first-order valence-electron chi connectivity index (χ1n) is 45.4. The van der Waals surface area contributed by atoms with Gasteiger partial charge in [-0.25, -0.2) is 29.9 Å². The number of aromatic nitrogens is 10. The molecule has 0 saturated heterocycles. The molecule has 0 aliphatic rings. The first-order valence-corrected chi connectivity index (χ1v) is 49.5. The quantitative estimate of drug-likeness (QED) is 0.174. The number of thiophene rings is 5. The molecule has 622 valence electrons. The zero-order chi connectivity index (χ0) is 87.4. The van der Waals surface area contributed by atoms with Crippen LogP contribution in [0.15, 0.2) is 376 Å². The van der Waals surface area contributed by atoms with Crippen LogP contribution in [0.25, 0.3) is 310 Å². The van der Waals surface area contributed by atoms with Gasteiger partial charge < -0.3 is 4.57 Å². The molecule has 0 N–H and O–H groups in total.